The Balaban J connectivity index is 2.33. The predicted molar refractivity (Wildman–Crippen MR) is 62.6 cm³/mol. The normalized spacial score (nSPS) is 10.5. The molecule has 0 saturated heterocycles. The standard InChI is InChI=1S/C9H7Cl2N3S/c10-3-1-8-13-14-9(15-8)6-2-4-12-5-7(6)11/h2,4-5H,1,3H2. The average molecular weight is 260 g/mol. The van der Waals surface area contributed by atoms with Gasteiger partial charge in [-0.05, 0) is 6.07 Å². The van der Waals surface area contributed by atoms with E-state index in [4.69, 9.17) is 23.2 Å². The van der Waals surface area contributed by atoms with Gasteiger partial charge in [0.1, 0.15) is 10.0 Å². The summed E-state index contributed by atoms with van der Waals surface area (Å²) in [7, 11) is 0. The van der Waals surface area contributed by atoms with E-state index >= 15 is 0 Å². The van der Waals surface area contributed by atoms with Crippen LogP contribution in [0.4, 0.5) is 0 Å². The minimum Gasteiger partial charge on any atom is -0.263 e. The van der Waals surface area contributed by atoms with Crippen LogP contribution in [0.15, 0.2) is 18.5 Å². The lowest BCUT2D eigenvalue weighted by Gasteiger charge is -1.96. The Bertz CT molecular complexity index is 458. The molecular formula is C9H7Cl2N3S. The lowest BCUT2D eigenvalue weighted by atomic mass is 10.3. The zero-order valence-corrected chi connectivity index (χ0v) is 9.98. The van der Waals surface area contributed by atoms with E-state index in [1.54, 1.807) is 12.4 Å². The molecule has 0 amide bonds. The number of hydrogen-bond acceptors (Lipinski definition) is 4. The fraction of sp³-hybridized carbons (Fsp3) is 0.222. The van der Waals surface area contributed by atoms with Gasteiger partial charge in [0.25, 0.3) is 0 Å². The topological polar surface area (TPSA) is 38.7 Å². The number of nitrogens with zero attached hydrogens (tertiary/aromatic N) is 3. The molecule has 0 saturated carbocycles. The van der Waals surface area contributed by atoms with Crippen LogP contribution in [0.1, 0.15) is 5.01 Å². The van der Waals surface area contributed by atoms with E-state index in [-0.39, 0.29) is 0 Å². The molecule has 0 spiro atoms. The van der Waals surface area contributed by atoms with Crippen molar-refractivity contribution < 1.29 is 0 Å². The molecule has 78 valence electrons. The highest BCUT2D eigenvalue weighted by Gasteiger charge is 2.09. The molecule has 3 nitrogen and oxygen atoms in total. The number of alkyl halides is 1. The lowest BCUT2D eigenvalue weighted by Crippen LogP contribution is -1.83. The van der Waals surface area contributed by atoms with E-state index in [0.717, 1.165) is 22.0 Å². The van der Waals surface area contributed by atoms with Gasteiger partial charge >= 0.3 is 0 Å². The maximum absolute atomic E-state index is 6.00. The largest absolute Gasteiger partial charge is 0.263 e. The summed E-state index contributed by atoms with van der Waals surface area (Å²) in [5.41, 5.74) is 0.866. The maximum Gasteiger partial charge on any atom is 0.149 e. The Labute approximate surface area is 101 Å². The van der Waals surface area contributed by atoms with Crippen molar-refractivity contribution in [3.05, 3.63) is 28.5 Å². The first-order valence-electron chi connectivity index (χ1n) is 4.29. The summed E-state index contributed by atoms with van der Waals surface area (Å²) in [5.74, 6) is 0.554. The molecule has 0 unspecified atom stereocenters. The van der Waals surface area contributed by atoms with Crippen LogP contribution in [0.5, 0.6) is 0 Å². The number of rotatable bonds is 3. The van der Waals surface area contributed by atoms with Crippen LogP contribution in [-0.4, -0.2) is 21.1 Å². The van der Waals surface area contributed by atoms with E-state index in [1.165, 1.54) is 11.3 Å². The van der Waals surface area contributed by atoms with Gasteiger partial charge in [-0.25, -0.2) is 0 Å². The first-order chi connectivity index (χ1) is 7.31. The van der Waals surface area contributed by atoms with Gasteiger partial charge in [-0.2, -0.15) is 0 Å². The molecule has 6 heteroatoms. The molecule has 0 fully saturated rings. The van der Waals surface area contributed by atoms with E-state index < -0.39 is 0 Å². The van der Waals surface area contributed by atoms with E-state index in [1.807, 2.05) is 6.07 Å². The summed E-state index contributed by atoms with van der Waals surface area (Å²) in [6, 6.07) is 1.83. The number of aryl methyl sites for hydroxylation is 1. The Morgan fingerprint density at radius 1 is 1.33 bits per heavy atom. The highest BCUT2D eigenvalue weighted by Crippen LogP contribution is 2.29. The van der Waals surface area contributed by atoms with E-state index in [0.29, 0.717) is 10.9 Å². The average Bonchev–Trinajstić information content (AvgIpc) is 2.68. The number of pyridine rings is 1. The van der Waals surface area contributed by atoms with E-state index in [2.05, 4.69) is 15.2 Å². The van der Waals surface area contributed by atoms with Gasteiger partial charge in [-0.1, -0.05) is 22.9 Å². The smallest absolute Gasteiger partial charge is 0.149 e. The van der Waals surface area contributed by atoms with Crippen LogP contribution in [-0.2, 0) is 6.42 Å². The van der Waals surface area contributed by atoms with Crippen molar-refractivity contribution >= 4 is 34.5 Å². The summed E-state index contributed by atoms with van der Waals surface area (Å²) >= 11 is 13.1. The summed E-state index contributed by atoms with van der Waals surface area (Å²) in [4.78, 5) is 3.92. The van der Waals surface area contributed by atoms with Gasteiger partial charge in [-0.15, -0.1) is 21.8 Å². The molecule has 15 heavy (non-hydrogen) atoms. The first-order valence-corrected chi connectivity index (χ1v) is 6.02. The van der Waals surface area contributed by atoms with Gasteiger partial charge in [0.2, 0.25) is 0 Å². The number of hydrogen-bond donors (Lipinski definition) is 0. The highest BCUT2D eigenvalue weighted by atomic mass is 35.5. The van der Waals surface area contributed by atoms with Crippen molar-refractivity contribution in [3.8, 4) is 10.6 Å². The van der Waals surface area contributed by atoms with Crippen molar-refractivity contribution in [2.24, 2.45) is 0 Å². The van der Waals surface area contributed by atoms with Crippen LogP contribution in [0.2, 0.25) is 5.02 Å². The predicted octanol–water partition coefficient (Wildman–Crippen LogP) is 3.03. The summed E-state index contributed by atoms with van der Waals surface area (Å²) in [6.45, 7) is 0. The second-order valence-electron chi connectivity index (χ2n) is 2.80. The molecule has 0 aliphatic carbocycles. The summed E-state index contributed by atoms with van der Waals surface area (Å²) in [6.07, 6.45) is 4.02. The molecule has 2 rings (SSSR count). The van der Waals surface area contributed by atoms with Crippen molar-refractivity contribution in [1.82, 2.24) is 15.2 Å². The highest BCUT2D eigenvalue weighted by molar-refractivity contribution is 7.14. The summed E-state index contributed by atoms with van der Waals surface area (Å²) in [5, 5.41) is 10.4. The monoisotopic (exact) mass is 259 g/mol. The number of halogens is 2. The Morgan fingerprint density at radius 2 is 2.20 bits per heavy atom. The molecule has 0 atom stereocenters. The fourth-order valence-electron chi connectivity index (χ4n) is 1.09. The SMILES string of the molecule is ClCCc1nnc(-c2ccncc2Cl)s1. The van der Waals surface area contributed by atoms with Crippen LogP contribution < -0.4 is 0 Å². The molecule has 0 bridgehead atoms. The fourth-order valence-corrected chi connectivity index (χ4v) is 2.53. The van der Waals surface area contributed by atoms with Gasteiger partial charge in [-0.3, -0.25) is 4.98 Å². The zero-order chi connectivity index (χ0) is 10.7. The lowest BCUT2D eigenvalue weighted by molar-refractivity contribution is 0.989. The molecule has 2 aromatic heterocycles. The molecular weight excluding hydrogens is 253 g/mol. The second kappa shape index (κ2) is 4.88. The second-order valence-corrected chi connectivity index (χ2v) is 4.64. The van der Waals surface area contributed by atoms with Gasteiger partial charge < -0.3 is 0 Å². The van der Waals surface area contributed by atoms with Crippen LogP contribution in [0.3, 0.4) is 0 Å². The third-order valence-electron chi connectivity index (χ3n) is 1.78. The van der Waals surface area contributed by atoms with Crippen LogP contribution in [0, 0.1) is 0 Å². The quantitative estimate of drug-likeness (QED) is 0.796. The van der Waals surface area contributed by atoms with Crippen LogP contribution in [0.25, 0.3) is 10.6 Å². The Morgan fingerprint density at radius 3 is 2.93 bits per heavy atom. The molecule has 0 radical (unpaired) electrons. The van der Waals surface area contributed by atoms with Crippen molar-refractivity contribution in [1.29, 1.82) is 0 Å². The molecule has 0 aliphatic rings. The van der Waals surface area contributed by atoms with Crippen LogP contribution >= 0.6 is 34.5 Å². The minimum atomic E-state index is 0.554. The maximum atomic E-state index is 6.00. The Hall–Kier alpha value is -0.710. The number of aromatic nitrogens is 3. The van der Waals surface area contributed by atoms with Gasteiger partial charge in [0, 0.05) is 30.3 Å². The van der Waals surface area contributed by atoms with Crippen molar-refractivity contribution in [2.45, 2.75) is 6.42 Å². The molecule has 2 heterocycles. The molecule has 0 aromatic carbocycles. The van der Waals surface area contributed by atoms with E-state index in [9.17, 15) is 0 Å². The third-order valence-corrected chi connectivity index (χ3v) is 3.28. The minimum absolute atomic E-state index is 0.554. The van der Waals surface area contributed by atoms with Crippen molar-refractivity contribution in [3.63, 3.8) is 0 Å². The molecule has 2 aromatic rings. The Kier molecular flexibility index (Phi) is 3.51. The summed E-state index contributed by atoms with van der Waals surface area (Å²) < 4.78 is 0. The van der Waals surface area contributed by atoms with Crippen molar-refractivity contribution in [2.75, 3.05) is 5.88 Å². The van der Waals surface area contributed by atoms with Gasteiger partial charge in [0.15, 0.2) is 0 Å². The third kappa shape index (κ3) is 2.45. The zero-order valence-electron chi connectivity index (χ0n) is 7.65. The molecule has 0 aliphatic heterocycles. The first kappa shape index (κ1) is 10.8. The molecule has 0 N–H and O–H groups in total. The van der Waals surface area contributed by atoms with Gasteiger partial charge in [0.05, 0.1) is 5.02 Å².